The van der Waals surface area contributed by atoms with E-state index in [1.807, 2.05) is 39.8 Å². The Labute approximate surface area is 208 Å². The Morgan fingerprint density at radius 3 is 2.11 bits per heavy atom. The molecule has 0 aliphatic carbocycles. The highest BCUT2D eigenvalue weighted by Crippen LogP contribution is 2.23. The van der Waals surface area contributed by atoms with Gasteiger partial charge in [-0.15, -0.1) is 0 Å². The summed E-state index contributed by atoms with van der Waals surface area (Å²) >= 11 is 0. The molecule has 2 rings (SSSR count). The number of carbonyl (C=O) groups excluding carboxylic acids is 2. The molecular weight excluding hydrogens is 469 g/mol. The van der Waals surface area contributed by atoms with Gasteiger partial charge in [0.05, 0.1) is 11.9 Å². The second kappa shape index (κ2) is 12.2. The van der Waals surface area contributed by atoms with Crippen LogP contribution in [-0.4, -0.2) is 50.0 Å². The fourth-order valence-corrected chi connectivity index (χ4v) is 4.35. The number of amides is 2. The van der Waals surface area contributed by atoms with E-state index < -0.39 is 40.2 Å². The number of rotatable bonds is 11. The van der Waals surface area contributed by atoms with Gasteiger partial charge in [0.2, 0.25) is 21.8 Å². The van der Waals surface area contributed by atoms with Crippen molar-refractivity contribution < 1.29 is 22.4 Å². The molecule has 0 aromatic heterocycles. The van der Waals surface area contributed by atoms with Gasteiger partial charge in [-0.1, -0.05) is 51.1 Å². The van der Waals surface area contributed by atoms with Gasteiger partial charge in [0.25, 0.3) is 0 Å². The van der Waals surface area contributed by atoms with Crippen molar-refractivity contribution in [3.8, 4) is 0 Å². The highest BCUT2D eigenvalue weighted by molar-refractivity contribution is 7.92. The summed E-state index contributed by atoms with van der Waals surface area (Å²) in [5.41, 5.74) is 1.61. The minimum atomic E-state index is -3.82. The Balaban J connectivity index is 2.40. The second-order valence-corrected chi connectivity index (χ2v) is 11.0. The number of nitrogens with zero attached hydrogens (tertiary/aromatic N) is 2. The van der Waals surface area contributed by atoms with Crippen molar-refractivity contribution in [2.45, 2.75) is 65.6 Å². The Bertz CT molecular complexity index is 1120. The maximum Gasteiger partial charge on any atom is 0.244 e. The number of anilines is 1. The number of benzene rings is 2. The molecule has 0 aliphatic rings. The second-order valence-electron chi connectivity index (χ2n) is 9.12. The van der Waals surface area contributed by atoms with Gasteiger partial charge >= 0.3 is 0 Å². The third-order valence-electron chi connectivity index (χ3n) is 5.99. The van der Waals surface area contributed by atoms with Gasteiger partial charge in [-0.05, 0) is 49.9 Å². The summed E-state index contributed by atoms with van der Waals surface area (Å²) in [6.07, 6.45) is 1.73. The van der Waals surface area contributed by atoms with E-state index >= 15 is 0 Å². The molecule has 2 aromatic carbocycles. The third kappa shape index (κ3) is 7.78. The molecular formula is C26H36FN3O4S. The monoisotopic (exact) mass is 505 g/mol. The lowest BCUT2D eigenvalue weighted by atomic mass is 10.0. The van der Waals surface area contributed by atoms with E-state index in [0.717, 1.165) is 16.1 Å². The highest BCUT2D eigenvalue weighted by atomic mass is 32.2. The third-order valence-corrected chi connectivity index (χ3v) is 7.13. The Kier molecular flexibility index (Phi) is 9.82. The van der Waals surface area contributed by atoms with Gasteiger partial charge in [-0.3, -0.25) is 13.9 Å². The molecule has 192 valence electrons. The van der Waals surface area contributed by atoms with E-state index in [-0.39, 0.29) is 24.1 Å². The van der Waals surface area contributed by atoms with E-state index in [9.17, 15) is 22.4 Å². The molecule has 7 nitrogen and oxygen atoms in total. The average Bonchev–Trinajstić information content (AvgIpc) is 2.80. The minimum Gasteiger partial charge on any atom is -0.352 e. The fourth-order valence-electron chi connectivity index (χ4n) is 3.50. The number of sulfonamides is 1. The lowest BCUT2D eigenvalue weighted by molar-refractivity contribution is -0.139. The van der Waals surface area contributed by atoms with Crippen LogP contribution < -0.4 is 9.62 Å². The van der Waals surface area contributed by atoms with Gasteiger partial charge in [0.1, 0.15) is 18.4 Å². The lowest BCUT2D eigenvalue weighted by Gasteiger charge is -2.32. The molecule has 0 unspecified atom stereocenters. The molecule has 0 aliphatic heterocycles. The van der Waals surface area contributed by atoms with Crippen molar-refractivity contribution in [2.24, 2.45) is 0 Å². The van der Waals surface area contributed by atoms with Crippen molar-refractivity contribution in [3.63, 3.8) is 0 Å². The van der Waals surface area contributed by atoms with Crippen LogP contribution in [0.3, 0.4) is 0 Å². The van der Waals surface area contributed by atoms with Crippen molar-refractivity contribution >= 4 is 27.5 Å². The van der Waals surface area contributed by atoms with Crippen molar-refractivity contribution in [1.82, 2.24) is 10.2 Å². The smallest absolute Gasteiger partial charge is 0.244 e. The largest absolute Gasteiger partial charge is 0.352 e. The van der Waals surface area contributed by atoms with Crippen LogP contribution in [0.4, 0.5) is 10.1 Å². The molecule has 2 aromatic rings. The molecule has 35 heavy (non-hydrogen) atoms. The van der Waals surface area contributed by atoms with Crippen LogP contribution >= 0.6 is 0 Å². The number of nitrogens with one attached hydrogen (secondary N) is 1. The topological polar surface area (TPSA) is 86.8 Å². The SMILES string of the molecule is CC[C@@H](C)NC(=O)[C@@H](C)N(Cc1ccccc1F)C(=O)CN(c1ccc(C(C)C)cc1)S(C)(=O)=O. The maximum absolute atomic E-state index is 14.4. The van der Waals surface area contributed by atoms with Crippen molar-refractivity contribution in [3.05, 3.63) is 65.5 Å². The van der Waals surface area contributed by atoms with Gasteiger partial charge < -0.3 is 10.2 Å². The van der Waals surface area contributed by atoms with Crippen LogP contribution in [0, 0.1) is 5.82 Å². The molecule has 2 atom stereocenters. The summed E-state index contributed by atoms with van der Waals surface area (Å²) in [5.74, 6) is -1.25. The predicted molar refractivity (Wildman–Crippen MR) is 137 cm³/mol. The normalized spacial score (nSPS) is 13.3. The molecule has 2 amide bonds. The maximum atomic E-state index is 14.4. The Hall–Kier alpha value is -2.94. The first-order valence-electron chi connectivity index (χ1n) is 11.8. The molecule has 0 spiro atoms. The first-order valence-corrected chi connectivity index (χ1v) is 13.6. The molecule has 0 bridgehead atoms. The van der Waals surface area contributed by atoms with Gasteiger partial charge in [-0.2, -0.15) is 0 Å². The molecule has 1 N–H and O–H groups in total. The summed E-state index contributed by atoms with van der Waals surface area (Å²) in [6.45, 7) is 8.68. The first-order chi connectivity index (χ1) is 16.3. The van der Waals surface area contributed by atoms with Crippen LogP contribution in [0.15, 0.2) is 48.5 Å². The standard InChI is InChI=1S/C26H36FN3O4S/c1-7-19(4)28-26(32)20(5)29(16-22-10-8-9-11-24(22)27)25(31)17-30(35(6,33)34)23-14-12-21(13-15-23)18(2)3/h8-15,18-20H,7,16-17H2,1-6H3,(H,28,32)/t19-,20-/m1/s1. The molecule has 0 saturated heterocycles. The van der Waals surface area contributed by atoms with Crippen LogP contribution in [0.2, 0.25) is 0 Å². The minimum absolute atomic E-state index is 0.109. The van der Waals surface area contributed by atoms with Gasteiger partial charge in [0, 0.05) is 18.2 Å². The van der Waals surface area contributed by atoms with Gasteiger partial charge in [0.15, 0.2) is 0 Å². The van der Waals surface area contributed by atoms with Crippen molar-refractivity contribution in [1.29, 1.82) is 0 Å². The molecule has 0 saturated carbocycles. The zero-order chi connectivity index (χ0) is 26.3. The summed E-state index contributed by atoms with van der Waals surface area (Å²) in [6, 6.07) is 11.9. The molecule has 9 heteroatoms. The summed E-state index contributed by atoms with van der Waals surface area (Å²) in [4.78, 5) is 27.6. The molecule has 0 fully saturated rings. The highest BCUT2D eigenvalue weighted by Gasteiger charge is 2.31. The summed E-state index contributed by atoms with van der Waals surface area (Å²) in [5, 5.41) is 2.84. The van der Waals surface area contributed by atoms with E-state index in [1.54, 1.807) is 25.1 Å². The zero-order valence-corrected chi connectivity index (χ0v) is 22.1. The Morgan fingerprint density at radius 2 is 1.60 bits per heavy atom. The van der Waals surface area contributed by atoms with Crippen molar-refractivity contribution in [2.75, 3.05) is 17.1 Å². The lowest BCUT2D eigenvalue weighted by Crippen LogP contribution is -2.52. The molecule has 0 radical (unpaired) electrons. The van der Waals surface area contributed by atoms with Gasteiger partial charge in [-0.25, -0.2) is 12.8 Å². The summed E-state index contributed by atoms with van der Waals surface area (Å²) < 4.78 is 40.7. The number of carbonyl (C=O) groups is 2. The summed E-state index contributed by atoms with van der Waals surface area (Å²) in [7, 11) is -3.82. The van der Waals surface area contributed by atoms with E-state index in [0.29, 0.717) is 12.1 Å². The van der Waals surface area contributed by atoms with E-state index in [1.165, 1.54) is 23.1 Å². The fraction of sp³-hybridized carbons (Fsp3) is 0.462. The number of halogens is 1. The van der Waals surface area contributed by atoms with Crippen LogP contribution in [0.5, 0.6) is 0 Å². The van der Waals surface area contributed by atoms with Crippen LogP contribution in [0.25, 0.3) is 0 Å². The Morgan fingerprint density at radius 1 is 1.00 bits per heavy atom. The van der Waals surface area contributed by atoms with E-state index in [4.69, 9.17) is 0 Å². The predicted octanol–water partition coefficient (Wildman–Crippen LogP) is 4.05. The van der Waals surface area contributed by atoms with E-state index in [2.05, 4.69) is 5.32 Å². The van der Waals surface area contributed by atoms with Crippen LogP contribution in [-0.2, 0) is 26.2 Å². The zero-order valence-electron chi connectivity index (χ0n) is 21.3. The van der Waals surface area contributed by atoms with Crippen LogP contribution in [0.1, 0.15) is 58.1 Å². The number of hydrogen-bond donors (Lipinski definition) is 1. The quantitative estimate of drug-likeness (QED) is 0.499. The average molecular weight is 506 g/mol. The first kappa shape index (κ1) is 28.3. The number of hydrogen-bond acceptors (Lipinski definition) is 4. The molecule has 0 heterocycles.